The molecule has 7 nitrogen and oxygen atoms in total. The maximum atomic E-state index is 11.0. The van der Waals surface area contributed by atoms with Crippen LogP contribution in [0.25, 0.3) is 0 Å². The van der Waals surface area contributed by atoms with Crippen LogP contribution in [0.4, 0.5) is 0 Å². The summed E-state index contributed by atoms with van der Waals surface area (Å²) < 4.78 is 4.57. The smallest absolute Gasteiger partial charge is 0.337 e. The number of benzene rings is 2. The molecule has 0 radical (unpaired) electrons. The lowest BCUT2D eigenvalue weighted by molar-refractivity contribution is 0.0599. The van der Waals surface area contributed by atoms with Gasteiger partial charge in [-0.1, -0.05) is 31.7 Å². The van der Waals surface area contributed by atoms with Gasteiger partial charge in [-0.3, -0.25) is 0 Å². The summed E-state index contributed by atoms with van der Waals surface area (Å²) in [5, 5.41) is 15.6. The van der Waals surface area contributed by atoms with Crippen LogP contribution in [-0.4, -0.2) is 49.5 Å². The molecule has 0 spiro atoms. The van der Waals surface area contributed by atoms with E-state index < -0.39 is 5.97 Å². The minimum atomic E-state index is -0.894. The summed E-state index contributed by atoms with van der Waals surface area (Å²) >= 11 is 0. The molecular weight excluding hydrogens is 467 g/mol. The summed E-state index contributed by atoms with van der Waals surface area (Å²) in [5.74, 6) is -1.20. The molecule has 0 bridgehead atoms. The number of hydrogen-bond acceptors (Lipinski definition) is 6. The van der Waals surface area contributed by atoms with Gasteiger partial charge in [-0.05, 0) is 61.3 Å². The molecule has 0 heterocycles. The second-order valence-electron chi connectivity index (χ2n) is 5.27. The van der Waals surface area contributed by atoms with Gasteiger partial charge < -0.3 is 26.4 Å². The molecule has 0 saturated carbocycles. The van der Waals surface area contributed by atoms with E-state index in [0.29, 0.717) is 24.2 Å². The highest BCUT2D eigenvalue weighted by Gasteiger charge is 2.03. The van der Waals surface area contributed by atoms with Crippen molar-refractivity contribution in [3.63, 3.8) is 0 Å². The second kappa shape index (κ2) is 24.4. The lowest BCUT2D eigenvalue weighted by Gasteiger charge is -2.00. The summed E-state index contributed by atoms with van der Waals surface area (Å²) in [5.41, 5.74) is 13.8. The molecule has 2 rings (SSSR count). The Balaban J connectivity index is -0.000000120. The van der Waals surface area contributed by atoms with Crippen molar-refractivity contribution >= 4 is 49.2 Å². The van der Waals surface area contributed by atoms with Crippen molar-refractivity contribution in [2.75, 3.05) is 27.3 Å². The number of aliphatic hydroxyl groups is 1. The third-order valence-electron chi connectivity index (χ3n) is 3.44. The van der Waals surface area contributed by atoms with Crippen LogP contribution in [0.15, 0.2) is 48.5 Å². The Bertz CT molecular complexity index is 684. The van der Waals surface area contributed by atoms with Crippen molar-refractivity contribution in [1.29, 1.82) is 0 Å². The fraction of sp³-hybridized carbons (Fsp3) is 0.333. The first-order valence-electron chi connectivity index (χ1n) is 8.36. The lowest BCUT2D eigenvalue weighted by Crippen LogP contribution is -2.04. The zero-order valence-corrected chi connectivity index (χ0v) is 19.4. The van der Waals surface area contributed by atoms with Gasteiger partial charge >= 0.3 is 11.9 Å². The van der Waals surface area contributed by atoms with Gasteiger partial charge in [0.1, 0.15) is 0 Å². The molecule has 6 N–H and O–H groups in total. The fourth-order valence-corrected chi connectivity index (χ4v) is 2.07. The normalized spacial score (nSPS) is 8.03. The first kappa shape index (κ1) is 39.6. The molecule has 0 saturated heterocycles. The summed E-state index contributed by atoms with van der Waals surface area (Å²) in [6, 6.07) is 14.0. The van der Waals surface area contributed by atoms with E-state index in [1.54, 1.807) is 36.4 Å². The number of nitrogens with two attached hydrogens (primary N) is 2. The second-order valence-corrected chi connectivity index (χ2v) is 5.27. The Labute approximate surface area is 203 Å². The average Bonchev–Trinajstić information content (AvgIpc) is 2.71. The van der Waals surface area contributed by atoms with Crippen molar-refractivity contribution in [3.8, 4) is 0 Å². The molecular formula is C21H35Cl3N2O5. The number of halogens is 3. The van der Waals surface area contributed by atoms with Gasteiger partial charge in [0.15, 0.2) is 0 Å². The van der Waals surface area contributed by atoms with E-state index >= 15 is 0 Å². The molecule has 0 aliphatic carbocycles. The molecule has 0 aliphatic heterocycles. The van der Waals surface area contributed by atoms with Crippen LogP contribution in [0.2, 0.25) is 0 Å². The number of carbonyl (C=O) groups excluding carboxylic acids is 1. The Morgan fingerprint density at radius 3 is 1.35 bits per heavy atom. The van der Waals surface area contributed by atoms with Crippen LogP contribution in [0.1, 0.15) is 39.3 Å². The van der Waals surface area contributed by atoms with Crippen LogP contribution in [0, 0.1) is 0 Å². The van der Waals surface area contributed by atoms with Crippen molar-refractivity contribution < 1.29 is 24.5 Å². The van der Waals surface area contributed by atoms with E-state index in [0.717, 1.165) is 31.1 Å². The van der Waals surface area contributed by atoms with Gasteiger partial charge in [0.05, 0.1) is 18.2 Å². The van der Waals surface area contributed by atoms with Crippen LogP contribution >= 0.6 is 37.2 Å². The topological polar surface area (TPSA) is 136 Å². The predicted octanol–water partition coefficient (Wildman–Crippen LogP) is 3.37. The molecule has 180 valence electrons. The van der Waals surface area contributed by atoms with E-state index in [9.17, 15) is 9.59 Å². The minimum Gasteiger partial charge on any atom is -0.478 e. The zero-order valence-electron chi connectivity index (χ0n) is 16.9. The number of esters is 1. The number of ether oxygens (including phenoxy) is 1. The standard InChI is InChI=1S/C10H13NO2.C9H11NO2.CH4O.CH4.3ClH/c1-13-10(12)9-4-2-8(3-5-9)6-7-11;10-6-5-7-1-3-8(4-2-7)9(11)12;1-2;;;;/h2-5H,6-7,11H2,1H3;1-4H,5-6,10H2,(H,11,12);2H,1H3;1H4;3*1H. The van der Waals surface area contributed by atoms with Crippen molar-refractivity contribution in [2.24, 2.45) is 11.5 Å². The number of carboxylic acids is 1. The van der Waals surface area contributed by atoms with Gasteiger partial charge in [0, 0.05) is 7.11 Å². The van der Waals surface area contributed by atoms with Crippen LogP contribution < -0.4 is 11.5 Å². The molecule has 2 aromatic carbocycles. The highest BCUT2D eigenvalue weighted by atomic mass is 35.5. The molecule has 31 heavy (non-hydrogen) atoms. The number of methoxy groups -OCH3 is 1. The SMILES string of the molecule is C.CO.COC(=O)c1ccc(CCN)cc1.Cl.Cl.Cl.NCCc1ccc(C(=O)O)cc1. The molecule has 0 aliphatic rings. The third kappa shape index (κ3) is 16.5. The Hall–Kier alpha value is -1.87. The van der Waals surface area contributed by atoms with Gasteiger partial charge in [-0.25, -0.2) is 9.59 Å². The highest BCUT2D eigenvalue weighted by Crippen LogP contribution is 2.06. The molecule has 10 heteroatoms. The van der Waals surface area contributed by atoms with Gasteiger partial charge in [-0.2, -0.15) is 0 Å². The lowest BCUT2D eigenvalue weighted by atomic mass is 10.1. The highest BCUT2D eigenvalue weighted by molar-refractivity contribution is 5.89. The van der Waals surface area contributed by atoms with Gasteiger partial charge in [0.25, 0.3) is 0 Å². The first-order valence-corrected chi connectivity index (χ1v) is 8.36. The van der Waals surface area contributed by atoms with Gasteiger partial charge in [-0.15, -0.1) is 37.2 Å². The van der Waals surface area contributed by atoms with Crippen LogP contribution in [0.3, 0.4) is 0 Å². The van der Waals surface area contributed by atoms with E-state index in [-0.39, 0.29) is 50.6 Å². The average molecular weight is 502 g/mol. The van der Waals surface area contributed by atoms with Crippen molar-refractivity contribution in [2.45, 2.75) is 20.3 Å². The summed E-state index contributed by atoms with van der Waals surface area (Å²) in [6.45, 7) is 1.21. The van der Waals surface area contributed by atoms with Gasteiger partial charge in [0.2, 0.25) is 0 Å². The number of rotatable bonds is 6. The molecule has 0 unspecified atom stereocenters. The number of carboxylic acid groups (broad SMARTS) is 1. The number of aromatic carboxylic acids is 1. The summed E-state index contributed by atoms with van der Waals surface area (Å²) in [7, 11) is 2.37. The Morgan fingerprint density at radius 1 is 0.774 bits per heavy atom. The summed E-state index contributed by atoms with van der Waals surface area (Å²) in [6.07, 6.45) is 1.63. The van der Waals surface area contributed by atoms with Crippen LogP contribution in [0.5, 0.6) is 0 Å². The molecule has 0 fully saturated rings. The van der Waals surface area contributed by atoms with E-state index in [4.69, 9.17) is 21.7 Å². The van der Waals surface area contributed by atoms with Crippen molar-refractivity contribution in [3.05, 3.63) is 70.8 Å². The number of hydrogen-bond donors (Lipinski definition) is 4. The monoisotopic (exact) mass is 500 g/mol. The molecule has 0 aromatic heterocycles. The predicted molar refractivity (Wildman–Crippen MR) is 133 cm³/mol. The summed E-state index contributed by atoms with van der Waals surface area (Å²) in [4.78, 5) is 21.5. The Kier molecular flexibility index (Phi) is 31.2. The first-order chi connectivity index (χ1) is 13.0. The molecule has 2 aromatic rings. The minimum absolute atomic E-state index is 0. The maximum Gasteiger partial charge on any atom is 0.337 e. The molecule has 0 atom stereocenters. The van der Waals surface area contributed by atoms with E-state index in [2.05, 4.69) is 4.74 Å². The zero-order chi connectivity index (χ0) is 20.7. The molecule has 0 amide bonds. The largest absolute Gasteiger partial charge is 0.478 e. The number of carbonyl (C=O) groups is 2. The number of aliphatic hydroxyl groups excluding tert-OH is 1. The van der Waals surface area contributed by atoms with E-state index in [1.807, 2.05) is 12.1 Å². The third-order valence-corrected chi connectivity index (χ3v) is 3.44. The Morgan fingerprint density at radius 2 is 1.10 bits per heavy atom. The quantitative estimate of drug-likeness (QED) is 0.445. The maximum absolute atomic E-state index is 11.0. The van der Waals surface area contributed by atoms with E-state index in [1.165, 1.54) is 7.11 Å². The van der Waals surface area contributed by atoms with Crippen LogP contribution in [-0.2, 0) is 17.6 Å². The van der Waals surface area contributed by atoms with Crippen molar-refractivity contribution in [1.82, 2.24) is 0 Å². The fourth-order valence-electron chi connectivity index (χ4n) is 2.07.